The first-order valence-electron chi connectivity index (χ1n) is 9.63. The lowest BCUT2D eigenvalue weighted by Gasteiger charge is -2.27. The van der Waals surface area contributed by atoms with E-state index >= 15 is 0 Å². The number of hydrogen-bond acceptors (Lipinski definition) is 5. The van der Waals surface area contributed by atoms with Gasteiger partial charge in [-0.2, -0.15) is 5.10 Å². The topological polar surface area (TPSA) is 133 Å². The first kappa shape index (κ1) is 21.5. The molecule has 0 spiro atoms. The lowest BCUT2D eigenvalue weighted by Crippen LogP contribution is -2.35. The Morgan fingerprint density at radius 3 is 2.78 bits per heavy atom. The van der Waals surface area contributed by atoms with Crippen molar-refractivity contribution in [3.05, 3.63) is 65.2 Å². The maximum atomic E-state index is 14.5. The molecule has 1 aromatic heterocycles. The van der Waals surface area contributed by atoms with Crippen molar-refractivity contribution < 1.29 is 22.4 Å². The van der Waals surface area contributed by atoms with E-state index in [9.17, 15) is 22.4 Å². The number of allylic oxidation sites excluding steroid dienone is 1. The second kappa shape index (κ2) is 8.08. The molecule has 0 saturated heterocycles. The molecule has 1 aliphatic heterocycles. The Kier molecular flexibility index (Phi) is 5.43. The molecule has 3 aromatic rings. The molecule has 1 unspecified atom stereocenters. The van der Waals surface area contributed by atoms with Gasteiger partial charge in [0.1, 0.15) is 5.82 Å². The standard InChI is InChI=1S/C21H20FN5O4S/c1-11-20(21(29)25-18-7-13-10-23-26-17(13)9-16(18)22)15(8-19(28)24-11)12-4-3-5-14(6-12)27-32(2,30)31/h3-7,9-10,15,27H,8H2,1-2H3,(H,23,26)(H,24,28)(H,25,29). The van der Waals surface area contributed by atoms with Gasteiger partial charge >= 0.3 is 0 Å². The number of aromatic nitrogens is 2. The molecule has 1 aliphatic rings. The molecule has 1 atom stereocenters. The van der Waals surface area contributed by atoms with Crippen molar-refractivity contribution in [2.75, 3.05) is 16.3 Å². The second-order valence-electron chi connectivity index (χ2n) is 7.59. The Labute approximate surface area is 183 Å². The van der Waals surface area contributed by atoms with Gasteiger partial charge in [-0.25, -0.2) is 12.8 Å². The van der Waals surface area contributed by atoms with E-state index in [2.05, 4.69) is 25.6 Å². The number of nitrogens with zero attached hydrogens (tertiary/aromatic N) is 1. The van der Waals surface area contributed by atoms with Crippen molar-refractivity contribution in [2.45, 2.75) is 19.3 Å². The normalized spacial score (nSPS) is 16.7. The number of halogens is 1. The number of H-pyrrole nitrogens is 1. The van der Waals surface area contributed by atoms with Crippen LogP contribution in [0.15, 0.2) is 53.9 Å². The quantitative estimate of drug-likeness (QED) is 0.467. The third-order valence-electron chi connectivity index (χ3n) is 5.08. The number of amides is 2. The summed E-state index contributed by atoms with van der Waals surface area (Å²) < 4.78 is 40.1. The SMILES string of the molecule is CC1=C(C(=O)Nc2cc3cn[nH]c3cc2F)C(c2cccc(NS(C)(=O)=O)c2)CC(=O)N1. The van der Waals surface area contributed by atoms with Crippen molar-refractivity contribution >= 4 is 44.1 Å². The summed E-state index contributed by atoms with van der Waals surface area (Å²) in [4.78, 5) is 25.4. The Morgan fingerprint density at radius 1 is 1.25 bits per heavy atom. The van der Waals surface area contributed by atoms with Crippen LogP contribution in [0.25, 0.3) is 10.9 Å². The number of fused-ring (bicyclic) bond motifs is 1. The van der Waals surface area contributed by atoms with E-state index in [-0.39, 0.29) is 23.6 Å². The average molecular weight is 457 g/mol. The van der Waals surface area contributed by atoms with Crippen LogP contribution >= 0.6 is 0 Å². The number of rotatable bonds is 5. The summed E-state index contributed by atoms with van der Waals surface area (Å²) in [7, 11) is -3.50. The van der Waals surface area contributed by atoms with Crippen LogP contribution in [-0.2, 0) is 19.6 Å². The highest BCUT2D eigenvalue weighted by Crippen LogP contribution is 2.35. The monoisotopic (exact) mass is 457 g/mol. The number of carbonyl (C=O) groups is 2. The number of anilines is 2. The summed E-state index contributed by atoms with van der Waals surface area (Å²) in [6.07, 6.45) is 2.52. The number of hydrogen-bond donors (Lipinski definition) is 4. The zero-order chi connectivity index (χ0) is 23.0. The molecule has 2 heterocycles. The Hall–Kier alpha value is -3.73. The molecule has 2 amide bonds. The minimum absolute atomic E-state index is 0.0210. The highest BCUT2D eigenvalue weighted by molar-refractivity contribution is 7.92. The molecule has 4 N–H and O–H groups in total. The molecule has 0 aliphatic carbocycles. The number of carbonyl (C=O) groups excluding carboxylic acids is 2. The third-order valence-corrected chi connectivity index (χ3v) is 5.69. The van der Waals surface area contributed by atoms with Crippen LogP contribution in [0.2, 0.25) is 0 Å². The van der Waals surface area contributed by atoms with Gasteiger partial charge in [-0.1, -0.05) is 12.1 Å². The number of sulfonamides is 1. The van der Waals surface area contributed by atoms with Gasteiger partial charge in [0.2, 0.25) is 15.9 Å². The highest BCUT2D eigenvalue weighted by atomic mass is 32.2. The second-order valence-corrected chi connectivity index (χ2v) is 9.34. The molecule has 0 fully saturated rings. The van der Waals surface area contributed by atoms with Gasteiger partial charge in [-0.15, -0.1) is 0 Å². The van der Waals surface area contributed by atoms with Gasteiger partial charge in [0.15, 0.2) is 0 Å². The average Bonchev–Trinajstić information content (AvgIpc) is 3.13. The summed E-state index contributed by atoms with van der Waals surface area (Å²) in [6, 6.07) is 9.18. The van der Waals surface area contributed by atoms with Crippen molar-refractivity contribution in [3.8, 4) is 0 Å². The molecule has 11 heteroatoms. The highest BCUT2D eigenvalue weighted by Gasteiger charge is 2.32. The van der Waals surface area contributed by atoms with Crippen molar-refractivity contribution in [2.24, 2.45) is 0 Å². The summed E-state index contributed by atoms with van der Waals surface area (Å²) in [6.45, 7) is 1.59. The summed E-state index contributed by atoms with van der Waals surface area (Å²) in [5.41, 5.74) is 1.96. The molecule has 0 saturated carbocycles. The predicted molar refractivity (Wildman–Crippen MR) is 118 cm³/mol. The van der Waals surface area contributed by atoms with E-state index in [1.54, 1.807) is 31.2 Å². The zero-order valence-electron chi connectivity index (χ0n) is 17.2. The maximum absolute atomic E-state index is 14.5. The molecular weight excluding hydrogens is 437 g/mol. The fourth-order valence-electron chi connectivity index (χ4n) is 3.77. The summed E-state index contributed by atoms with van der Waals surface area (Å²) in [5.74, 6) is -2.14. The molecule has 2 aromatic carbocycles. The van der Waals surface area contributed by atoms with Crippen molar-refractivity contribution in [1.82, 2.24) is 15.5 Å². The van der Waals surface area contributed by atoms with Crippen molar-refractivity contribution in [1.29, 1.82) is 0 Å². The Balaban J connectivity index is 1.69. The molecular formula is C21H20FN5O4S. The van der Waals surface area contributed by atoms with Crippen LogP contribution in [0.4, 0.5) is 15.8 Å². The van der Waals surface area contributed by atoms with Crippen LogP contribution in [0.5, 0.6) is 0 Å². The van der Waals surface area contributed by atoms with E-state index in [0.717, 1.165) is 6.26 Å². The molecule has 0 bridgehead atoms. The lowest BCUT2D eigenvalue weighted by molar-refractivity contribution is -0.121. The molecule has 0 radical (unpaired) electrons. The summed E-state index contributed by atoms with van der Waals surface area (Å²) >= 11 is 0. The van der Waals surface area contributed by atoms with Gasteiger partial charge in [0.05, 0.1) is 23.7 Å². The molecule has 9 nitrogen and oxygen atoms in total. The van der Waals surface area contributed by atoms with E-state index in [4.69, 9.17) is 0 Å². The largest absolute Gasteiger partial charge is 0.330 e. The minimum atomic E-state index is -3.50. The Morgan fingerprint density at radius 2 is 2.03 bits per heavy atom. The van der Waals surface area contributed by atoms with Crippen molar-refractivity contribution in [3.63, 3.8) is 0 Å². The van der Waals surface area contributed by atoms with Crippen LogP contribution in [0, 0.1) is 5.82 Å². The number of benzene rings is 2. The van der Waals surface area contributed by atoms with E-state index in [1.807, 2.05) is 0 Å². The first-order chi connectivity index (χ1) is 15.1. The van der Waals surface area contributed by atoms with Gasteiger partial charge in [0.25, 0.3) is 5.91 Å². The van der Waals surface area contributed by atoms with Gasteiger partial charge < -0.3 is 10.6 Å². The van der Waals surface area contributed by atoms with E-state index in [0.29, 0.717) is 27.9 Å². The van der Waals surface area contributed by atoms with Crippen LogP contribution < -0.4 is 15.4 Å². The number of nitrogens with one attached hydrogen (secondary N) is 4. The van der Waals surface area contributed by atoms with E-state index < -0.39 is 27.7 Å². The maximum Gasteiger partial charge on any atom is 0.254 e. The molecule has 4 rings (SSSR count). The smallest absolute Gasteiger partial charge is 0.254 e. The van der Waals surface area contributed by atoms with Crippen LogP contribution in [0.1, 0.15) is 24.8 Å². The fraction of sp³-hybridized carbons (Fsp3) is 0.190. The third kappa shape index (κ3) is 4.47. The van der Waals surface area contributed by atoms with Crippen LogP contribution in [-0.4, -0.2) is 36.7 Å². The summed E-state index contributed by atoms with van der Waals surface area (Å²) in [5, 5.41) is 12.4. The van der Waals surface area contributed by atoms with Gasteiger partial charge in [-0.05, 0) is 30.7 Å². The number of aromatic amines is 1. The Bertz CT molecular complexity index is 1380. The fourth-order valence-corrected chi connectivity index (χ4v) is 4.33. The predicted octanol–water partition coefficient (Wildman–Crippen LogP) is 2.59. The minimum Gasteiger partial charge on any atom is -0.330 e. The van der Waals surface area contributed by atoms with Gasteiger partial charge in [-0.3, -0.25) is 19.4 Å². The van der Waals surface area contributed by atoms with Crippen LogP contribution in [0.3, 0.4) is 0 Å². The van der Waals surface area contributed by atoms with Gasteiger partial charge in [0, 0.05) is 40.7 Å². The molecule has 166 valence electrons. The zero-order valence-corrected chi connectivity index (χ0v) is 18.0. The molecule has 32 heavy (non-hydrogen) atoms. The lowest BCUT2D eigenvalue weighted by atomic mass is 9.84. The first-order valence-corrected chi connectivity index (χ1v) is 11.5. The van der Waals surface area contributed by atoms with E-state index in [1.165, 1.54) is 18.3 Å².